The lowest BCUT2D eigenvalue weighted by Crippen LogP contribution is -2.36. The van der Waals surface area contributed by atoms with Crippen molar-refractivity contribution in [1.29, 1.82) is 0 Å². The molecule has 1 saturated heterocycles. The number of halogens is 1. The Bertz CT molecular complexity index is 756. The average Bonchev–Trinajstić information content (AvgIpc) is 2.81. The fourth-order valence-corrected chi connectivity index (χ4v) is 3.09. The molecular weight excluding hydrogens is 306 g/mol. The van der Waals surface area contributed by atoms with Crippen molar-refractivity contribution in [2.24, 2.45) is 0 Å². The molecule has 4 heteroatoms. The van der Waals surface area contributed by atoms with Crippen molar-refractivity contribution in [3.05, 3.63) is 58.6 Å². The highest BCUT2D eigenvalue weighted by atomic mass is 35.5. The van der Waals surface area contributed by atoms with Crippen LogP contribution in [0.15, 0.2) is 36.7 Å². The van der Waals surface area contributed by atoms with E-state index >= 15 is 0 Å². The van der Waals surface area contributed by atoms with Crippen LogP contribution in [0.4, 0.5) is 0 Å². The van der Waals surface area contributed by atoms with Gasteiger partial charge in [0.05, 0.1) is 17.3 Å². The highest BCUT2D eigenvalue weighted by Gasteiger charge is 2.37. The number of aromatic nitrogens is 2. The maximum Gasteiger partial charge on any atom is 0.144 e. The molecule has 0 radical (unpaired) electrons. The molecule has 0 saturated carbocycles. The van der Waals surface area contributed by atoms with Crippen LogP contribution >= 0.6 is 11.6 Å². The zero-order valence-electron chi connectivity index (χ0n) is 13.7. The minimum atomic E-state index is 0.238. The van der Waals surface area contributed by atoms with E-state index in [0.29, 0.717) is 11.2 Å². The normalized spacial score (nSPS) is 20.1. The third-order valence-electron chi connectivity index (χ3n) is 4.68. The molecule has 1 aliphatic rings. The molecule has 1 atom stereocenters. The van der Waals surface area contributed by atoms with Gasteiger partial charge in [-0.3, -0.25) is 9.88 Å². The molecule has 0 bridgehead atoms. The van der Waals surface area contributed by atoms with Crippen molar-refractivity contribution in [1.82, 2.24) is 14.9 Å². The van der Waals surface area contributed by atoms with Crippen molar-refractivity contribution in [3.63, 3.8) is 0 Å². The Kier molecular flexibility index (Phi) is 4.39. The zero-order chi connectivity index (χ0) is 16.4. The molecule has 0 spiro atoms. The average molecular weight is 326 g/mol. The Morgan fingerprint density at radius 3 is 2.65 bits per heavy atom. The second-order valence-corrected chi connectivity index (χ2v) is 6.90. The third kappa shape index (κ3) is 3.39. The maximum atomic E-state index is 6.01. The Balaban J connectivity index is 1.78. The van der Waals surface area contributed by atoms with Crippen LogP contribution in [0.3, 0.4) is 0 Å². The lowest BCUT2D eigenvalue weighted by molar-refractivity contribution is 0.167. The summed E-state index contributed by atoms with van der Waals surface area (Å²) in [6.07, 6.45) is 5.83. The number of likely N-dealkylation sites (tertiary alicyclic amines) is 1. The van der Waals surface area contributed by atoms with Crippen molar-refractivity contribution >= 4 is 11.6 Å². The summed E-state index contributed by atoms with van der Waals surface area (Å²) in [5, 5.41) is 0.430. The van der Waals surface area contributed by atoms with Gasteiger partial charge in [0, 0.05) is 23.5 Å². The number of rotatable bonds is 1. The second-order valence-electron chi connectivity index (χ2n) is 6.54. The molecule has 1 aliphatic heterocycles. The number of pyridine rings is 2. The van der Waals surface area contributed by atoms with Crippen LogP contribution < -0.4 is 0 Å². The van der Waals surface area contributed by atoms with Gasteiger partial charge in [-0.1, -0.05) is 23.4 Å². The van der Waals surface area contributed by atoms with Gasteiger partial charge in [-0.25, -0.2) is 4.98 Å². The predicted octanol–water partition coefficient (Wildman–Crippen LogP) is 4.08. The lowest BCUT2D eigenvalue weighted by Gasteiger charge is -2.31. The van der Waals surface area contributed by atoms with E-state index in [-0.39, 0.29) is 5.54 Å². The van der Waals surface area contributed by atoms with Gasteiger partial charge < -0.3 is 0 Å². The molecule has 0 aromatic carbocycles. The Hall–Kier alpha value is -1.89. The standard InChI is InChI=1S/C19H20ClN3/c1-19(2)11-10-17(23(19)3)16-9-7-14(13-22-16)6-8-15-5-4-12-21-18(15)20/h4-5,7,9,12-13,17H,10-11H2,1-3H3/t17-/m0/s1. The second kappa shape index (κ2) is 6.31. The molecule has 23 heavy (non-hydrogen) atoms. The molecule has 2 aromatic heterocycles. The minimum Gasteiger partial charge on any atom is -0.293 e. The van der Waals surface area contributed by atoms with E-state index in [1.165, 1.54) is 6.42 Å². The van der Waals surface area contributed by atoms with Crippen LogP contribution in [-0.4, -0.2) is 27.5 Å². The summed E-state index contributed by atoms with van der Waals surface area (Å²) in [7, 11) is 2.18. The summed E-state index contributed by atoms with van der Waals surface area (Å²) in [5.74, 6) is 6.14. The molecule has 1 fully saturated rings. The topological polar surface area (TPSA) is 29.0 Å². The van der Waals surface area contributed by atoms with Crippen LogP contribution in [0.25, 0.3) is 0 Å². The maximum absolute atomic E-state index is 6.01. The molecular formula is C19H20ClN3. The van der Waals surface area contributed by atoms with Gasteiger partial charge >= 0.3 is 0 Å². The van der Waals surface area contributed by atoms with Gasteiger partial charge in [-0.05, 0) is 58.0 Å². The van der Waals surface area contributed by atoms with E-state index in [2.05, 4.69) is 53.7 Å². The molecule has 0 amide bonds. The van der Waals surface area contributed by atoms with Crippen LogP contribution in [0, 0.1) is 11.8 Å². The van der Waals surface area contributed by atoms with E-state index in [1.54, 1.807) is 6.20 Å². The van der Waals surface area contributed by atoms with Crippen LogP contribution in [0.1, 0.15) is 49.6 Å². The Morgan fingerprint density at radius 1 is 1.22 bits per heavy atom. The van der Waals surface area contributed by atoms with E-state index in [1.807, 2.05) is 24.4 Å². The first kappa shape index (κ1) is 16.0. The highest BCUT2D eigenvalue weighted by molar-refractivity contribution is 6.30. The molecule has 3 rings (SSSR count). The van der Waals surface area contributed by atoms with Crippen molar-refractivity contribution in [2.45, 2.75) is 38.3 Å². The first-order chi connectivity index (χ1) is 11.0. The lowest BCUT2D eigenvalue weighted by atomic mass is 10.0. The van der Waals surface area contributed by atoms with Crippen molar-refractivity contribution < 1.29 is 0 Å². The Morgan fingerprint density at radius 2 is 2.04 bits per heavy atom. The zero-order valence-corrected chi connectivity index (χ0v) is 14.4. The molecule has 0 aliphatic carbocycles. The summed E-state index contributed by atoms with van der Waals surface area (Å²) >= 11 is 6.01. The SMILES string of the molecule is CN1[C@H](c2ccc(C#Cc3cccnc3Cl)cn2)CCC1(C)C. The summed E-state index contributed by atoms with van der Waals surface area (Å²) in [6, 6.07) is 8.19. The quantitative estimate of drug-likeness (QED) is 0.584. The first-order valence-corrected chi connectivity index (χ1v) is 8.16. The molecule has 0 N–H and O–H groups in total. The van der Waals surface area contributed by atoms with Gasteiger partial charge in [-0.15, -0.1) is 0 Å². The third-order valence-corrected chi connectivity index (χ3v) is 4.98. The molecule has 3 heterocycles. The highest BCUT2D eigenvalue weighted by Crippen LogP contribution is 2.39. The monoisotopic (exact) mass is 325 g/mol. The number of nitrogens with zero attached hydrogens (tertiary/aromatic N) is 3. The van der Waals surface area contributed by atoms with Gasteiger partial charge in [0.2, 0.25) is 0 Å². The van der Waals surface area contributed by atoms with Gasteiger partial charge in [0.1, 0.15) is 5.15 Å². The first-order valence-electron chi connectivity index (χ1n) is 7.79. The Labute approximate surface area is 142 Å². The predicted molar refractivity (Wildman–Crippen MR) is 93.3 cm³/mol. The van der Waals surface area contributed by atoms with Crippen LogP contribution in [-0.2, 0) is 0 Å². The fourth-order valence-electron chi connectivity index (χ4n) is 2.92. The fraction of sp³-hybridized carbons (Fsp3) is 0.368. The molecule has 0 unspecified atom stereocenters. The molecule has 3 nitrogen and oxygen atoms in total. The van der Waals surface area contributed by atoms with Gasteiger partial charge in [0.25, 0.3) is 0 Å². The van der Waals surface area contributed by atoms with Crippen LogP contribution in [0.2, 0.25) is 5.15 Å². The van der Waals surface area contributed by atoms with Crippen LogP contribution in [0.5, 0.6) is 0 Å². The van der Waals surface area contributed by atoms with Gasteiger partial charge in [0.15, 0.2) is 0 Å². The number of hydrogen-bond acceptors (Lipinski definition) is 3. The molecule has 118 valence electrons. The van der Waals surface area contributed by atoms with Crippen molar-refractivity contribution in [2.75, 3.05) is 7.05 Å². The summed E-state index contributed by atoms with van der Waals surface area (Å²) in [5.41, 5.74) is 2.97. The van der Waals surface area contributed by atoms with Crippen molar-refractivity contribution in [3.8, 4) is 11.8 Å². The van der Waals surface area contributed by atoms with E-state index in [9.17, 15) is 0 Å². The summed E-state index contributed by atoms with van der Waals surface area (Å²) in [6.45, 7) is 4.56. The van der Waals surface area contributed by atoms with E-state index in [0.717, 1.165) is 23.2 Å². The number of hydrogen-bond donors (Lipinski definition) is 0. The van der Waals surface area contributed by atoms with Gasteiger partial charge in [-0.2, -0.15) is 0 Å². The largest absolute Gasteiger partial charge is 0.293 e. The minimum absolute atomic E-state index is 0.238. The van der Waals surface area contributed by atoms with E-state index in [4.69, 9.17) is 11.6 Å². The molecule has 2 aromatic rings. The smallest absolute Gasteiger partial charge is 0.144 e. The van der Waals surface area contributed by atoms with E-state index < -0.39 is 0 Å². The summed E-state index contributed by atoms with van der Waals surface area (Å²) < 4.78 is 0. The summed E-state index contributed by atoms with van der Waals surface area (Å²) in [4.78, 5) is 11.1.